The van der Waals surface area contributed by atoms with Crippen LogP contribution < -0.4 is 0 Å². The number of carbonyl (C=O) groups is 1. The van der Waals surface area contributed by atoms with Crippen LogP contribution in [0, 0.1) is 0 Å². The highest BCUT2D eigenvalue weighted by Crippen LogP contribution is 2.28. The fourth-order valence-corrected chi connectivity index (χ4v) is 6.56. The Hall–Kier alpha value is -1.45. The predicted molar refractivity (Wildman–Crippen MR) is 104 cm³/mol. The number of hydrogen-bond acceptors (Lipinski definition) is 5. The van der Waals surface area contributed by atoms with Gasteiger partial charge in [0.05, 0.1) is 16.8 Å². The lowest BCUT2D eigenvalue weighted by atomic mass is 10.1. The molecular formula is C18H26N2O5S2. The lowest BCUT2D eigenvalue weighted by molar-refractivity contribution is 0.0770. The molecular weight excluding hydrogens is 388 g/mol. The molecule has 9 heteroatoms. The molecule has 3 rings (SSSR count). The summed E-state index contributed by atoms with van der Waals surface area (Å²) < 4.78 is 49.7. The third-order valence-corrected chi connectivity index (χ3v) is 9.49. The maximum Gasteiger partial charge on any atom is 0.253 e. The first-order valence-corrected chi connectivity index (χ1v) is 12.5. The molecule has 0 spiro atoms. The van der Waals surface area contributed by atoms with Crippen molar-refractivity contribution in [1.82, 2.24) is 9.21 Å². The van der Waals surface area contributed by atoms with Gasteiger partial charge in [-0.1, -0.05) is 12.1 Å². The molecule has 2 aliphatic rings. The van der Waals surface area contributed by atoms with Crippen LogP contribution in [0.2, 0.25) is 0 Å². The highest BCUT2D eigenvalue weighted by atomic mass is 32.2. The van der Waals surface area contributed by atoms with Crippen molar-refractivity contribution in [3.05, 3.63) is 35.4 Å². The number of nitrogens with zero attached hydrogens (tertiary/aromatic N) is 2. The van der Waals surface area contributed by atoms with Gasteiger partial charge in [-0.25, -0.2) is 16.8 Å². The lowest BCUT2D eigenvalue weighted by Crippen LogP contribution is -2.47. The molecule has 150 valence electrons. The van der Waals surface area contributed by atoms with E-state index >= 15 is 0 Å². The normalized spacial score (nSPS) is 28.0. The highest BCUT2D eigenvalue weighted by Gasteiger charge is 2.37. The monoisotopic (exact) mass is 414 g/mol. The molecule has 27 heavy (non-hydrogen) atoms. The average Bonchev–Trinajstić information content (AvgIpc) is 2.62. The Morgan fingerprint density at radius 1 is 1.00 bits per heavy atom. The second kappa shape index (κ2) is 7.52. The van der Waals surface area contributed by atoms with Gasteiger partial charge in [0.2, 0.25) is 10.0 Å². The first-order valence-electron chi connectivity index (χ1n) is 9.19. The van der Waals surface area contributed by atoms with Crippen molar-refractivity contribution in [3.8, 4) is 0 Å². The van der Waals surface area contributed by atoms with E-state index in [9.17, 15) is 21.6 Å². The van der Waals surface area contributed by atoms with Gasteiger partial charge in [0.15, 0.2) is 9.84 Å². The number of sulfone groups is 1. The second-order valence-corrected chi connectivity index (χ2v) is 12.1. The van der Waals surface area contributed by atoms with Crippen LogP contribution in [0.5, 0.6) is 0 Å². The molecule has 0 radical (unpaired) electrons. The number of benzene rings is 1. The van der Waals surface area contributed by atoms with E-state index in [2.05, 4.69) is 0 Å². The Kier molecular flexibility index (Phi) is 5.65. The summed E-state index contributed by atoms with van der Waals surface area (Å²) in [6.07, 6.45) is 1.52. The molecule has 2 saturated heterocycles. The van der Waals surface area contributed by atoms with Gasteiger partial charge in [0, 0.05) is 31.2 Å². The van der Waals surface area contributed by atoms with Crippen LogP contribution in [0.1, 0.15) is 42.6 Å². The number of amides is 1. The molecule has 0 aromatic heterocycles. The summed E-state index contributed by atoms with van der Waals surface area (Å²) >= 11 is 0. The molecule has 0 N–H and O–H groups in total. The van der Waals surface area contributed by atoms with Crippen molar-refractivity contribution in [2.45, 2.75) is 44.5 Å². The minimum atomic E-state index is -3.30. The van der Waals surface area contributed by atoms with Crippen LogP contribution in [-0.2, 0) is 26.4 Å². The Balaban J connectivity index is 1.69. The predicted octanol–water partition coefficient (Wildman–Crippen LogP) is 1.26. The minimum Gasteiger partial charge on any atom is -0.337 e. The van der Waals surface area contributed by atoms with Gasteiger partial charge in [-0.2, -0.15) is 4.31 Å². The average molecular weight is 415 g/mol. The zero-order valence-corrected chi connectivity index (χ0v) is 17.3. The smallest absolute Gasteiger partial charge is 0.253 e. The van der Waals surface area contributed by atoms with Gasteiger partial charge in [0.1, 0.15) is 0 Å². The Morgan fingerprint density at radius 3 is 2.19 bits per heavy atom. The maximum absolute atomic E-state index is 12.6. The fourth-order valence-electron chi connectivity index (χ4n) is 3.53. The third kappa shape index (κ3) is 4.35. The molecule has 0 saturated carbocycles. The van der Waals surface area contributed by atoms with E-state index < -0.39 is 19.9 Å². The summed E-state index contributed by atoms with van der Waals surface area (Å²) in [4.78, 5) is 14.1. The van der Waals surface area contributed by atoms with Crippen LogP contribution in [0.3, 0.4) is 0 Å². The third-order valence-electron chi connectivity index (χ3n) is 5.49. The quantitative estimate of drug-likeness (QED) is 0.743. The van der Waals surface area contributed by atoms with Crippen LogP contribution >= 0.6 is 0 Å². The van der Waals surface area contributed by atoms with E-state index in [1.54, 1.807) is 40.4 Å². The van der Waals surface area contributed by atoms with Crippen molar-refractivity contribution < 1.29 is 21.6 Å². The molecule has 1 aromatic carbocycles. The van der Waals surface area contributed by atoms with E-state index in [1.165, 1.54) is 0 Å². The summed E-state index contributed by atoms with van der Waals surface area (Å²) in [5.41, 5.74) is 1.32. The van der Waals surface area contributed by atoms with Crippen molar-refractivity contribution in [1.29, 1.82) is 0 Å². The molecule has 1 amide bonds. The van der Waals surface area contributed by atoms with Gasteiger partial charge in [-0.05, 0) is 44.4 Å². The first kappa shape index (κ1) is 20.3. The van der Waals surface area contributed by atoms with Crippen LogP contribution in [0.25, 0.3) is 0 Å². The van der Waals surface area contributed by atoms with Gasteiger partial charge in [-0.15, -0.1) is 0 Å². The molecule has 2 aliphatic heterocycles. The van der Waals surface area contributed by atoms with E-state index in [4.69, 9.17) is 0 Å². The number of hydrogen-bond donors (Lipinski definition) is 0. The van der Waals surface area contributed by atoms with Gasteiger partial charge >= 0.3 is 0 Å². The molecule has 1 aromatic rings. The van der Waals surface area contributed by atoms with Gasteiger partial charge in [0.25, 0.3) is 5.91 Å². The van der Waals surface area contributed by atoms with Gasteiger partial charge in [-0.3, -0.25) is 4.79 Å². The molecule has 1 unspecified atom stereocenters. The summed E-state index contributed by atoms with van der Waals surface area (Å²) in [7, 11) is -6.33. The lowest BCUT2D eigenvalue weighted by Gasteiger charge is -2.36. The Morgan fingerprint density at radius 2 is 1.59 bits per heavy atom. The molecule has 2 atom stereocenters. The molecule has 2 heterocycles. The Labute approximate surface area is 161 Å². The first-order chi connectivity index (χ1) is 12.6. The van der Waals surface area contributed by atoms with Crippen molar-refractivity contribution in [2.24, 2.45) is 0 Å². The standard InChI is InChI=1S/C18H26N2O5S2/c1-14-3-4-15(2)27(24,25)20(14)13-16-5-7-17(8-6-16)18(21)19-9-11-26(22,23)12-10-19/h5-8,14-15H,3-4,9-13H2,1-2H3/t14-,15?/m0/s1. The fraction of sp³-hybridized carbons (Fsp3) is 0.611. The van der Waals surface area contributed by atoms with Crippen LogP contribution in [0.4, 0.5) is 0 Å². The number of rotatable bonds is 3. The van der Waals surface area contributed by atoms with Gasteiger partial charge < -0.3 is 4.90 Å². The highest BCUT2D eigenvalue weighted by molar-refractivity contribution is 7.91. The van der Waals surface area contributed by atoms with Crippen molar-refractivity contribution in [3.63, 3.8) is 0 Å². The van der Waals surface area contributed by atoms with Crippen LogP contribution in [-0.4, -0.2) is 67.8 Å². The van der Waals surface area contributed by atoms with E-state index in [0.717, 1.165) is 12.0 Å². The largest absolute Gasteiger partial charge is 0.337 e. The second-order valence-electron chi connectivity index (χ2n) is 7.47. The summed E-state index contributed by atoms with van der Waals surface area (Å²) in [5.74, 6) is -0.191. The molecule has 0 bridgehead atoms. The zero-order valence-electron chi connectivity index (χ0n) is 15.7. The topological polar surface area (TPSA) is 91.8 Å². The van der Waals surface area contributed by atoms with E-state index in [0.29, 0.717) is 18.5 Å². The Bertz CT molecular complexity index is 896. The van der Waals surface area contributed by atoms with E-state index in [-0.39, 0.29) is 41.8 Å². The van der Waals surface area contributed by atoms with E-state index in [1.807, 2.05) is 6.92 Å². The summed E-state index contributed by atoms with van der Waals surface area (Å²) in [6, 6.07) is 6.88. The number of sulfonamides is 1. The molecule has 2 fully saturated rings. The molecule has 7 nitrogen and oxygen atoms in total. The van der Waals surface area contributed by atoms with Crippen molar-refractivity contribution >= 4 is 25.8 Å². The SMILES string of the molecule is CC1CC[C@H](C)N(Cc2ccc(C(=O)N3CCS(=O)(=O)CC3)cc2)S1(=O)=O. The number of carbonyl (C=O) groups excluding carboxylic acids is 1. The zero-order chi connectivity index (χ0) is 19.8. The summed E-state index contributed by atoms with van der Waals surface area (Å²) in [5, 5.41) is -0.370. The van der Waals surface area contributed by atoms with Crippen LogP contribution in [0.15, 0.2) is 24.3 Å². The van der Waals surface area contributed by atoms with Crippen molar-refractivity contribution in [2.75, 3.05) is 24.6 Å². The maximum atomic E-state index is 12.6. The molecule has 0 aliphatic carbocycles. The minimum absolute atomic E-state index is 0.000282. The summed E-state index contributed by atoms with van der Waals surface area (Å²) in [6.45, 7) is 4.39.